The molecule has 0 aliphatic rings. The third-order valence-electron chi connectivity index (χ3n) is 5.77. The molecule has 4 N–H and O–H groups in total. The number of benzene rings is 2. The van der Waals surface area contributed by atoms with Crippen molar-refractivity contribution in [1.29, 1.82) is 5.41 Å². The molecule has 43 heavy (non-hydrogen) atoms. The van der Waals surface area contributed by atoms with E-state index < -0.39 is 23.4 Å². The van der Waals surface area contributed by atoms with Gasteiger partial charge in [-0.1, -0.05) is 11.8 Å². The number of nitrogens with one attached hydrogen (secondary N) is 4. The SMILES string of the molecule is Cc1cc(N(C(=O)CNC(=O)OC(C)(C)C)C(C)C)c(C)cc1C#CCNc1ccc(C(=N)NC(=O)OC(C)(C)C)cc1. The van der Waals surface area contributed by atoms with Crippen molar-refractivity contribution in [3.8, 4) is 11.8 Å². The number of carbonyl (C=O) groups excluding carboxylic acids is 3. The largest absolute Gasteiger partial charge is 0.444 e. The molecule has 0 aliphatic heterocycles. The topological polar surface area (TPSA) is 133 Å². The van der Waals surface area contributed by atoms with Gasteiger partial charge in [-0.2, -0.15) is 0 Å². The molecule has 0 radical (unpaired) electrons. The Morgan fingerprint density at radius 1 is 0.907 bits per heavy atom. The molecule has 3 amide bonds. The Morgan fingerprint density at radius 2 is 1.49 bits per heavy atom. The lowest BCUT2D eigenvalue weighted by molar-refractivity contribution is -0.118. The number of rotatable bonds is 7. The van der Waals surface area contributed by atoms with Gasteiger partial charge in [0.2, 0.25) is 5.91 Å². The van der Waals surface area contributed by atoms with Gasteiger partial charge in [0.15, 0.2) is 0 Å². The van der Waals surface area contributed by atoms with Crippen LogP contribution in [0.1, 0.15) is 77.6 Å². The molecule has 0 aromatic heterocycles. The quantitative estimate of drug-likeness (QED) is 0.181. The average molecular weight is 592 g/mol. The molecular formula is C33H45N5O5. The Bertz CT molecular complexity index is 1390. The zero-order valence-electron chi connectivity index (χ0n) is 26.9. The maximum atomic E-state index is 13.1. The molecule has 10 nitrogen and oxygen atoms in total. The highest BCUT2D eigenvalue weighted by molar-refractivity contribution is 6.04. The van der Waals surface area contributed by atoms with Crippen molar-refractivity contribution in [1.82, 2.24) is 10.6 Å². The van der Waals surface area contributed by atoms with Crippen LogP contribution >= 0.6 is 0 Å². The van der Waals surface area contributed by atoms with Crippen molar-refractivity contribution >= 4 is 35.3 Å². The monoisotopic (exact) mass is 591 g/mol. The summed E-state index contributed by atoms with van der Waals surface area (Å²) >= 11 is 0. The Kier molecular flexibility index (Phi) is 11.8. The first-order chi connectivity index (χ1) is 19.9. The highest BCUT2D eigenvalue weighted by atomic mass is 16.6. The van der Waals surface area contributed by atoms with Crippen LogP contribution in [0, 0.1) is 31.1 Å². The lowest BCUT2D eigenvalue weighted by Gasteiger charge is -2.29. The molecule has 0 unspecified atom stereocenters. The molecule has 0 heterocycles. The molecule has 10 heteroatoms. The van der Waals surface area contributed by atoms with E-state index in [4.69, 9.17) is 14.9 Å². The summed E-state index contributed by atoms with van der Waals surface area (Å²) in [5.74, 6) is 6.03. The summed E-state index contributed by atoms with van der Waals surface area (Å²) in [6.07, 6.45) is -1.31. The second-order valence-electron chi connectivity index (χ2n) is 12.4. The highest BCUT2D eigenvalue weighted by Crippen LogP contribution is 2.26. The van der Waals surface area contributed by atoms with E-state index in [0.29, 0.717) is 12.1 Å². The summed E-state index contributed by atoms with van der Waals surface area (Å²) < 4.78 is 10.4. The number of hydrogen-bond acceptors (Lipinski definition) is 7. The van der Waals surface area contributed by atoms with Gasteiger partial charge >= 0.3 is 12.2 Å². The first kappa shape index (κ1) is 34.7. The van der Waals surface area contributed by atoms with Crippen molar-refractivity contribution in [3.05, 3.63) is 58.7 Å². The minimum absolute atomic E-state index is 0.0491. The number of amidine groups is 1. The van der Waals surface area contributed by atoms with Crippen molar-refractivity contribution in [3.63, 3.8) is 0 Å². The normalized spacial score (nSPS) is 11.1. The molecule has 0 bridgehead atoms. The zero-order chi connectivity index (χ0) is 32.5. The van der Waals surface area contributed by atoms with Gasteiger partial charge in [-0.3, -0.25) is 15.5 Å². The molecule has 2 aromatic carbocycles. The second-order valence-corrected chi connectivity index (χ2v) is 12.4. The Balaban J connectivity index is 2.03. The Morgan fingerprint density at radius 3 is 2.05 bits per heavy atom. The molecule has 232 valence electrons. The Hall–Kier alpha value is -4.52. The highest BCUT2D eigenvalue weighted by Gasteiger charge is 2.23. The molecule has 2 aromatic rings. The third kappa shape index (κ3) is 11.7. The summed E-state index contributed by atoms with van der Waals surface area (Å²) in [4.78, 5) is 38.7. The summed E-state index contributed by atoms with van der Waals surface area (Å²) in [5, 5.41) is 16.3. The van der Waals surface area contributed by atoms with Gasteiger partial charge in [0.05, 0.1) is 6.54 Å². The van der Waals surface area contributed by atoms with Crippen molar-refractivity contribution < 1.29 is 23.9 Å². The Labute approximate surface area is 255 Å². The van der Waals surface area contributed by atoms with E-state index >= 15 is 0 Å². The van der Waals surface area contributed by atoms with Gasteiger partial charge in [0.1, 0.15) is 23.6 Å². The van der Waals surface area contributed by atoms with Crippen LogP contribution < -0.4 is 20.9 Å². The number of alkyl carbamates (subject to hydrolysis) is 2. The molecular weight excluding hydrogens is 546 g/mol. The number of carbonyl (C=O) groups is 3. The van der Waals surface area contributed by atoms with Crippen molar-refractivity contribution in [2.45, 2.75) is 86.5 Å². The first-order valence-corrected chi connectivity index (χ1v) is 14.2. The molecule has 0 saturated carbocycles. The molecule has 0 saturated heterocycles. The number of hydrogen-bond donors (Lipinski definition) is 4. The van der Waals surface area contributed by atoms with Crippen molar-refractivity contribution in [2.75, 3.05) is 23.3 Å². The lowest BCUT2D eigenvalue weighted by Crippen LogP contribution is -2.45. The maximum Gasteiger partial charge on any atom is 0.413 e. The number of nitrogens with zero attached hydrogens (tertiary/aromatic N) is 1. The van der Waals surface area contributed by atoms with Gasteiger partial charge < -0.3 is 25.0 Å². The smallest absolute Gasteiger partial charge is 0.413 e. The summed E-state index contributed by atoms with van der Waals surface area (Å²) in [6.45, 7) is 18.5. The van der Waals surface area contributed by atoms with Gasteiger partial charge in [-0.05, 0) is 117 Å². The minimum atomic E-state index is -0.674. The van der Waals surface area contributed by atoms with E-state index in [9.17, 15) is 14.4 Å². The lowest BCUT2D eigenvalue weighted by atomic mass is 10.0. The van der Waals surface area contributed by atoms with Gasteiger partial charge in [-0.15, -0.1) is 0 Å². The standard InChI is InChI=1S/C33H45N5O5/c1-21(2)38(28(39)20-36-30(40)42-32(5,6)7)27-19-22(3)25(18-23(27)4)12-11-17-35-26-15-13-24(14-16-26)29(34)37-31(41)43-33(8,9)10/h13-16,18-19,21,35H,17,20H2,1-10H3,(H,36,40)(H2,34,37,41). The van der Waals surface area contributed by atoms with Gasteiger partial charge in [0, 0.05) is 28.5 Å². The van der Waals surface area contributed by atoms with Gasteiger partial charge in [0.25, 0.3) is 0 Å². The molecule has 0 aliphatic carbocycles. The zero-order valence-corrected chi connectivity index (χ0v) is 26.9. The van der Waals surface area contributed by atoms with Crippen LogP contribution in [0.15, 0.2) is 36.4 Å². The van der Waals surface area contributed by atoms with Crippen molar-refractivity contribution in [2.24, 2.45) is 0 Å². The predicted molar refractivity (Wildman–Crippen MR) is 171 cm³/mol. The summed E-state index contributed by atoms with van der Waals surface area (Å²) in [6, 6.07) is 10.8. The van der Waals surface area contributed by atoms with Gasteiger partial charge in [-0.25, -0.2) is 9.59 Å². The average Bonchev–Trinajstić information content (AvgIpc) is 2.86. The molecule has 0 atom stereocenters. The van der Waals surface area contributed by atoms with Crippen LogP contribution in [-0.2, 0) is 14.3 Å². The van der Waals surface area contributed by atoms with Crippen LogP contribution in [0.25, 0.3) is 0 Å². The van der Waals surface area contributed by atoms with Crippen LogP contribution in [0.2, 0.25) is 0 Å². The van der Waals surface area contributed by atoms with Crippen LogP contribution in [0.3, 0.4) is 0 Å². The maximum absolute atomic E-state index is 13.1. The van der Waals surface area contributed by atoms with Crippen LogP contribution in [-0.4, -0.2) is 54.3 Å². The number of ether oxygens (including phenoxy) is 2. The van der Waals surface area contributed by atoms with Crippen LogP contribution in [0.4, 0.5) is 21.0 Å². The molecule has 0 fully saturated rings. The minimum Gasteiger partial charge on any atom is -0.444 e. The second kappa shape index (κ2) is 14.6. The first-order valence-electron chi connectivity index (χ1n) is 14.2. The number of amides is 3. The molecule has 2 rings (SSSR count). The fraction of sp³-hybridized carbons (Fsp3) is 0.455. The van der Waals surface area contributed by atoms with E-state index in [1.165, 1.54) is 0 Å². The van der Waals surface area contributed by atoms with Crippen LogP contribution in [0.5, 0.6) is 0 Å². The predicted octanol–water partition coefficient (Wildman–Crippen LogP) is 5.88. The fourth-order valence-corrected chi connectivity index (χ4v) is 3.96. The number of aryl methyl sites for hydroxylation is 2. The fourth-order valence-electron chi connectivity index (χ4n) is 3.96. The number of anilines is 2. The summed E-state index contributed by atoms with van der Waals surface area (Å²) in [7, 11) is 0. The van der Waals surface area contributed by atoms with E-state index in [-0.39, 0.29) is 24.3 Å². The van der Waals surface area contributed by atoms with E-state index in [2.05, 4.69) is 27.8 Å². The third-order valence-corrected chi connectivity index (χ3v) is 5.77. The van der Waals surface area contributed by atoms with E-state index in [0.717, 1.165) is 28.1 Å². The van der Waals surface area contributed by atoms with E-state index in [1.807, 2.05) is 52.0 Å². The van der Waals surface area contributed by atoms with E-state index in [1.54, 1.807) is 58.6 Å². The molecule has 0 spiro atoms. The summed E-state index contributed by atoms with van der Waals surface area (Å²) in [5.41, 5.74) is 3.49.